The molecule has 1 aliphatic rings. The summed E-state index contributed by atoms with van der Waals surface area (Å²) in [4.78, 5) is 37.0. The number of benzene rings is 1. The van der Waals surface area contributed by atoms with Crippen molar-refractivity contribution in [2.45, 2.75) is 0 Å². The van der Waals surface area contributed by atoms with Gasteiger partial charge in [-0.1, -0.05) is 0 Å². The van der Waals surface area contributed by atoms with Crippen LogP contribution in [0.25, 0.3) is 10.1 Å². The molecule has 3 heterocycles. The third-order valence-corrected chi connectivity index (χ3v) is 5.47. The van der Waals surface area contributed by atoms with Crippen LogP contribution in [-0.2, 0) is 0 Å². The number of thiophene rings is 1. The summed E-state index contributed by atoms with van der Waals surface area (Å²) in [6.45, 7) is 1.82. The summed E-state index contributed by atoms with van der Waals surface area (Å²) >= 11 is 1.41. The van der Waals surface area contributed by atoms with Gasteiger partial charge in [-0.05, 0) is 29.7 Å². The van der Waals surface area contributed by atoms with E-state index in [9.17, 15) is 14.7 Å². The molecular formula is C18H17N5O3S. The molecule has 0 aliphatic carbocycles. The van der Waals surface area contributed by atoms with Crippen molar-refractivity contribution in [1.29, 1.82) is 0 Å². The Hall–Kier alpha value is -3.20. The molecule has 3 aromatic rings. The monoisotopic (exact) mass is 383 g/mol. The largest absolute Gasteiger partial charge is 0.508 e. The van der Waals surface area contributed by atoms with E-state index in [-0.39, 0.29) is 17.7 Å². The molecule has 138 valence electrons. The van der Waals surface area contributed by atoms with E-state index in [1.54, 1.807) is 34.1 Å². The molecule has 27 heavy (non-hydrogen) atoms. The Labute approximate surface area is 159 Å². The van der Waals surface area contributed by atoms with Gasteiger partial charge in [-0.15, -0.1) is 11.3 Å². The van der Waals surface area contributed by atoms with Crippen molar-refractivity contribution >= 4 is 39.2 Å². The lowest BCUT2D eigenvalue weighted by molar-refractivity contribution is 0.0676. The van der Waals surface area contributed by atoms with Crippen molar-refractivity contribution in [3.8, 4) is 5.75 Å². The summed E-state index contributed by atoms with van der Waals surface area (Å²) < 4.78 is 0.957. The standard InChI is InChI=1S/C18H17N5O3S/c24-13-1-2-14-12(9-13)10-15(27-14)17(25)22-5-7-23(8-6-22)18(26)21-16-11-19-3-4-20-16/h1-4,9-11,24H,5-8H2,(H,20,21,26). The first-order valence-electron chi connectivity index (χ1n) is 8.44. The van der Waals surface area contributed by atoms with Crippen LogP contribution in [0.5, 0.6) is 5.75 Å². The van der Waals surface area contributed by atoms with Crippen LogP contribution in [0.3, 0.4) is 0 Å². The minimum Gasteiger partial charge on any atom is -0.508 e. The van der Waals surface area contributed by atoms with Crippen LogP contribution in [-0.4, -0.2) is 63.0 Å². The van der Waals surface area contributed by atoms with Gasteiger partial charge in [-0.2, -0.15) is 0 Å². The van der Waals surface area contributed by atoms with Gasteiger partial charge in [0.2, 0.25) is 0 Å². The van der Waals surface area contributed by atoms with Gasteiger partial charge in [-0.3, -0.25) is 15.1 Å². The lowest BCUT2D eigenvalue weighted by Crippen LogP contribution is -2.51. The number of amides is 3. The van der Waals surface area contributed by atoms with Crippen LogP contribution in [0.4, 0.5) is 10.6 Å². The highest BCUT2D eigenvalue weighted by Crippen LogP contribution is 2.29. The number of piperazine rings is 1. The van der Waals surface area contributed by atoms with E-state index < -0.39 is 0 Å². The Kier molecular flexibility index (Phi) is 4.59. The zero-order valence-corrected chi connectivity index (χ0v) is 15.1. The molecule has 3 amide bonds. The predicted octanol–water partition coefficient (Wildman–Crippen LogP) is 2.39. The van der Waals surface area contributed by atoms with Crippen molar-refractivity contribution in [2.24, 2.45) is 0 Å². The number of carbonyl (C=O) groups is 2. The molecule has 0 unspecified atom stereocenters. The van der Waals surface area contributed by atoms with Crippen LogP contribution in [0.2, 0.25) is 0 Å². The number of aromatic hydroxyl groups is 1. The highest BCUT2D eigenvalue weighted by Gasteiger charge is 2.26. The Bertz CT molecular complexity index is 983. The van der Waals surface area contributed by atoms with Gasteiger partial charge in [0.1, 0.15) is 5.75 Å². The van der Waals surface area contributed by atoms with Gasteiger partial charge >= 0.3 is 6.03 Å². The van der Waals surface area contributed by atoms with Gasteiger partial charge in [-0.25, -0.2) is 9.78 Å². The highest BCUT2D eigenvalue weighted by molar-refractivity contribution is 7.20. The van der Waals surface area contributed by atoms with E-state index >= 15 is 0 Å². The molecule has 4 rings (SSSR count). The van der Waals surface area contributed by atoms with E-state index in [0.717, 1.165) is 10.1 Å². The first kappa shape index (κ1) is 17.2. The van der Waals surface area contributed by atoms with E-state index in [0.29, 0.717) is 36.9 Å². The normalized spacial score (nSPS) is 14.4. The minimum absolute atomic E-state index is 0.0512. The highest BCUT2D eigenvalue weighted by atomic mass is 32.1. The summed E-state index contributed by atoms with van der Waals surface area (Å²) in [6, 6.07) is 6.62. The van der Waals surface area contributed by atoms with Crippen LogP contribution < -0.4 is 5.32 Å². The van der Waals surface area contributed by atoms with Crippen LogP contribution in [0.15, 0.2) is 42.9 Å². The first-order valence-corrected chi connectivity index (χ1v) is 9.25. The molecule has 0 atom stereocenters. The molecule has 0 radical (unpaired) electrons. The maximum Gasteiger partial charge on any atom is 0.323 e. The number of fused-ring (bicyclic) bond motifs is 1. The SMILES string of the molecule is O=C(Nc1cnccn1)N1CCN(C(=O)c2cc3cc(O)ccc3s2)CC1. The van der Waals surface area contributed by atoms with Crippen LogP contribution in [0.1, 0.15) is 9.67 Å². The Morgan fingerprint density at radius 2 is 1.85 bits per heavy atom. The summed E-state index contributed by atoms with van der Waals surface area (Å²) in [5, 5.41) is 13.1. The zero-order chi connectivity index (χ0) is 18.8. The van der Waals surface area contributed by atoms with Gasteiger partial charge in [0, 0.05) is 43.3 Å². The van der Waals surface area contributed by atoms with E-state index in [1.165, 1.54) is 29.9 Å². The number of hydrogen-bond donors (Lipinski definition) is 2. The van der Waals surface area contributed by atoms with Gasteiger partial charge in [0.05, 0.1) is 11.1 Å². The lowest BCUT2D eigenvalue weighted by atomic mass is 10.2. The molecular weight excluding hydrogens is 366 g/mol. The number of anilines is 1. The number of nitrogens with one attached hydrogen (secondary N) is 1. The van der Waals surface area contributed by atoms with E-state index in [4.69, 9.17) is 0 Å². The Morgan fingerprint density at radius 3 is 2.59 bits per heavy atom. The third-order valence-electron chi connectivity index (χ3n) is 4.36. The molecule has 1 fully saturated rings. The van der Waals surface area contributed by atoms with Crippen LogP contribution >= 0.6 is 11.3 Å². The second-order valence-electron chi connectivity index (χ2n) is 6.13. The molecule has 2 aromatic heterocycles. The van der Waals surface area contributed by atoms with Crippen molar-refractivity contribution in [1.82, 2.24) is 19.8 Å². The number of rotatable bonds is 2. The molecule has 0 saturated carbocycles. The number of carbonyl (C=O) groups excluding carboxylic acids is 2. The van der Waals surface area contributed by atoms with Crippen molar-refractivity contribution in [2.75, 3.05) is 31.5 Å². The van der Waals surface area contributed by atoms with E-state index in [2.05, 4.69) is 15.3 Å². The molecule has 9 heteroatoms. The molecule has 0 bridgehead atoms. The fourth-order valence-electron chi connectivity index (χ4n) is 2.96. The van der Waals surface area contributed by atoms with E-state index in [1.807, 2.05) is 0 Å². The molecule has 1 aliphatic heterocycles. The van der Waals surface area contributed by atoms with Crippen LogP contribution in [0, 0.1) is 0 Å². The fraction of sp³-hybridized carbons (Fsp3) is 0.222. The topological polar surface area (TPSA) is 98.7 Å². The molecule has 1 aromatic carbocycles. The maximum absolute atomic E-state index is 12.8. The molecule has 8 nitrogen and oxygen atoms in total. The number of nitrogens with zero attached hydrogens (tertiary/aromatic N) is 4. The Balaban J connectivity index is 1.38. The van der Waals surface area contributed by atoms with Crippen molar-refractivity contribution in [3.05, 3.63) is 47.7 Å². The second-order valence-corrected chi connectivity index (χ2v) is 7.22. The second kappa shape index (κ2) is 7.20. The summed E-state index contributed by atoms with van der Waals surface area (Å²) in [5.41, 5.74) is 0. The predicted molar refractivity (Wildman–Crippen MR) is 102 cm³/mol. The smallest absolute Gasteiger partial charge is 0.323 e. The van der Waals surface area contributed by atoms with Crippen molar-refractivity contribution < 1.29 is 14.7 Å². The quantitative estimate of drug-likeness (QED) is 0.708. The number of phenolic OH excluding ortho intramolecular Hbond substituents is 1. The maximum atomic E-state index is 12.8. The Morgan fingerprint density at radius 1 is 1.07 bits per heavy atom. The summed E-state index contributed by atoms with van der Waals surface area (Å²) in [5.74, 6) is 0.529. The molecule has 2 N–H and O–H groups in total. The van der Waals surface area contributed by atoms with Gasteiger partial charge in [0.25, 0.3) is 5.91 Å². The minimum atomic E-state index is -0.250. The molecule has 1 saturated heterocycles. The number of urea groups is 1. The summed E-state index contributed by atoms with van der Waals surface area (Å²) in [7, 11) is 0. The fourth-order valence-corrected chi connectivity index (χ4v) is 3.97. The third kappa shape index (κ3) is 3.68. The summed E-state index contributed by atoms with van der Waals surface area (Å²) in [6.07, 6.45) is 4.53. The van der Waals surface area contributed by atoms with Crippen molar-refractivity contribution in [3.63, 3.8) is 0 Å². The number of aromatic nitrogens is 2. The number of hydrogen-bond acceptors (Lipinski definition) is 6. The molecule has 0 spiro atoms. The average molecular weight is 383 g/mol. The average Bonchev–Trinajstić information content (AvgIpc) is 3.11. The van der Waals surface area contributed by atoms with Gasteiger partial charge < -0.3 is 14.9 Å². The lowest BCUT2D eigenvalue weighted by Gasteiger charge is -2.34. The first-order chi connectivity index (χ1) is 13.1. The van der Waals surface area contributed by atoms with Gasteiger partial charge in [0.15, 0.2) is 5.82 Å². The zero-order valence-electron chi connectivity index (χ0n) is 14.3. The number of phenols is 1.